The number of rotatable bonds is 11. The zero-order valence-corrected chi connectivity index (χ0v) is 25.1. The van der Waals surface area contributed by atoms with Gasteiger partial charge in [0.1, 0.15) is 18.4 Å². The predicted molar refractivity (Wildman–Crippen MR) is 158 cm³/mol. The molecular formula is C32H42FN3O4S. The number of anilines is 1. The second kappa shape index (κ2) is 11.7. The van der Waals surface area contributed by atoms with E-state index in [4.69, 9.17) is 0 Å². The summed E-state index contributed by atoms with van der Waals surface area (Å²) < 4.78 is 41.6. The van der Waals surface area contributed by atoms with E-state index >= 15 is 0 Å². The van der Waals surface area contributed by atoms with Gasteiger partial charge < -0.3 is 10.2 Å². The molecule has 222 valence electrons. The molecular weight excluding hydrogens is 541 g/mol. The van der Waals surface area contributed by atoms with Crippen LogP contribution in [-0.4, -0.2) is 50.5 Å². The van der Waals surface area contributed by atoms with E-state index in [1.165, 1.54) is 55.1 Å². The summed E-state index contributed by atoms with van der Waals surface area (Å²) in [5.74, 6) is 0.936. The Hall–Kier alpha value is -2.94. The molecule has 4 bridgehead atoms. The van der Waals surface area contributed by atoms with Gasteiger partial charge in [-0.1, -0.05) is 37.3 Å². The second-order valence-corrected chi connectivity index (χ2v) is 14.5. The van der Waals surface area contributed by atoms with Crippen LogP contribution in [0, 0.1) is 23.6 Å². The topological polar surface area (TPSA) is 86.8 Å². The van der Waals surface area contributed by atoms with E-state index in [9.17, 15) is 22.4 Å². The molecule has 0 spiro atoms. The highest BCUT2D eigenvalue weighted by molar-refractivity contribution is 7.92. The molecule has 1 N–H and O–H groups in total. The van der Waals surface area contributed by atoms with Crippen LogP contribution in [0.1, 0.15) is 69.9 Å². The molecule has 0 unspecified atom stereocenters. The molecule has 4 saturated carbocycles. The van der Waals surface area contributed by atoms with Crippen LogP contribution in [-0.2, 0) is 31.6 Å². The van der Waals surface area contributed by atoms with Gasteiger partial charge in [-0.15, -0.1) is 0 Å². The predicted octanol–water partition coefficient (Wildman–Crippen LogP) is 5.00. The molecule has 4 fully saturated rings. The molecule has 41 heavy (non-hydrogen) atoms. The first-order valence-corrected chi connectivity index (χ1v) is 16.7. The number of amides is 2. The molecule has 0 heterocycles. The lowest BCUT2D eigenvalue weighted by Gasteiger charge is -2.57. The largest absolute Gasteiger partial charge is 0.354 e. The van der Waals surface area contributed by atoms with E-state index in [-0.39, 0.29) is 23.4 Å². The normalized spacial score (nSPS) is 25.5. The summed E-state index contributed by atoms with van der Waals surface area (Å²) in [7, 11) is -3.83. The van der Waals surface area contributed by atoms with Gasteiger partial charge >= 0.3 is 0 Å². The van der Waals surface area contributed by atoms with Gasteiger partial charge in [-0.25, -0.2) is 12.8 Å². The highest BCUT2D eigenvalue weighted by Gasteiger charge is 2.51. The van der Waals surface area contributed by atoms with Gasteiger partial charge in [0, 0.05) is 18.7 Å². The summed E-state index contributed by atoms with van der Waals surface area (Å²) in [4.78, 5) is 27.8. The van der Waals surface area contributed by atoms with Crippen LogP contribution in [0.2, 0.25) is 0 Å². The fourth-order valence-electron chi connectivity index (χ4n) is 7.85. The maximum absolute atomic E-state index is 14.6. The van der Waals surface area contributed by atoms with Gasteiger partial charge in [0.15, 0.2) is 0 Å². The first kappa shape index (κ1) is 29.5. The minimum atomic E-state index is -3.83. The number of carbonyl (C=O) groups excluding carboxylic acids is 2. The zero-order valence-electron chi connectivity index (χ0n) is 24.3. The van der Waals surface area contributed by atoms with Crippen LogP contribution in [0.15, 0.2) is 48.5 Å². The van der Waals surface area contributed by atoms with E-state index < -0.39 is 34.3 Å². The van der Waals surface area contributed by atoms with Gasteiger partial charge in [-0.2, -0.15) is 0 Å². The first-order valence-electron chi connectivity index (χ1n) is 14.9. The number of hydrogen-bond donors (Lipinski definition) is 1. The molecule has 9 heteroatoms. The van der Waals surface area contributed by atoms with Gasteiger partial charge in [-0.05, 0) is 98.8 Å². The quantitative estimate of drug-likeness (QED) is 0.403. The lowest BCUT2D eigenvalue weighted by molar-refractivity contribution is -0.139. The third kappa shape index (κ3) is 6.30. The van der Waals surface area contributed by atoms with Crippen LogP contribution < -0.4 is 9.62 Å². The Bertz CT molecular complexity index is 1340. The fraction of sp³-hybridized carbons (Fsp3) is 0.562. The average Bonchev–Trinajstić information content (AvgIpc) is 2.92. The smallest absolute Gasteiger partial charge is 0.244 e. The summed E-state index contributed by atoms with van der Waals surface area (Å²) in [5.41, 5.74) is 2.10. The SMILES string of the molecule is CCCNC(=O)[C@@H](C)N(Cc1ccccc1F)C(=O)CN(c1ccc(C23CC4CC(CC(C4)C2)C3)cc1)S(C)(=O)=O. The number of benzene rings is 2. The van der Waals surface area contributed by atoms with Crippen LogP contribution in [0.3, 0.4) is 0 Å². The van der Waals surface area contributed by atoms with Crippen molar-refractivity contribution in [2.24, 2.45) is 17.8 Å². The first-order chi connectivity index (χ1) is 19.5. The Balaban J connectivity index is 1.39. The Morgan fingerprint density at radius 2 is 1.59 bits per heavy atom. The highest BCUT2D eigenvalue weighted by atomic mass is 32.2. The number of sulfonamides is 1. The van der Waals surface area contributed by atoms with Crippen molar-refractivity contribution < 1.29 is 22.4 Å². The fourth-order valence-corrected chi connectivity index (χ4v) is 8.70. The van der Waals surface area contributed by atoms with Crippen molar-refractivity contribution >= 4 is 27.5 Å². The minimum absolute atomic E-state index is 0.158. The Morgan fingerprint density at radius 1 is 1.00 bits per heavy atom. The molecule has 4 aliphatic carbocycles. The maximum Gasteiger partial charge on any atom is 0.244 e. The maximum atomic E-state index is 14.6. The van der Waals surface area contributed by atoms with Gasteiger partial charge in [0.2, 0.25) is 21.8 Å². The molecule has 2 amide bonds. The molecule has 0 saturated heterocycles. The molecule has 2 aromatic rings. The number of nitrogens with one attached hydrogen (secondary N) is 1. The van der Waals surface area contributed by atoms with Crippen molar-refractivity contribution in [3.63, 3.8) is 0 Å². The van der Waals surface area contributed by atoms with Crippen LogP contribution >= 0.6 is 0 Å². The van der Waals surface area contributed by atoms with Crippen molar-refractivity contribution in [2.45, 2.75) is 76.8 Å². The molecule has 6 rings (SSSR count). The minimum Gasteiger partial charge on any atom is -0.354 e. The average molecular weight is 584 g/mol. The van der Waals surface area contributed by atoms with Crippen molar-refractivity contribution in [1.29, 1.82) is 0 Å². The van der Waals surface area contributed by atoms with E-state index in [2.05, 4.69) is 5.32 Å². The van der Waals surface area contributed by atoms with E-state index in [1.807, 2.05) is 19.1 Å². The van der Waals surface area contributed by atoms with Crippen LogP contribution in [0.25, 0.3) is 0 Å². The Morgan fingerprint density at radius 3 is 2.12 bits per heavy atom. The summed E-state index contributed by atoms with van der Waals surface area (Å²) in [5, 5.41) is 2.79. The lowest BCUT2D eigenvalue weighted by atomic mass is 9.48. The van der Waals surface area contributed by atoms with Crippen molar-refractivity contribution in [3.05, 3.63) is 65.5 Å². The van der Waals surface area contributed by atoms with Gasteiger partial charge in [0.25, 0.3) is 0 Å². The second-order valence-electron chi connectivity index (χ2n) is 12.6. The molecule has 4 aliphatic rings. The number of nitrogens with zero attached hydrogens (tertiary/aromatic N) is 2. The van der Waals surface area contributed by atoms with Crippen molar-refractivity contribution in [3.8, 4) is 0 Å². The van der Waals surface area contributed by atoms with E-state index in [0.29, 0.717) is 12.2 Å². The van der Waals surface area contributed by atoms with Crippen molar-refractivity contribution in [2.75, 3.05) is 23.7 Å². The van der Waals surface area contributed by atoms with E-state index in [0.717, 1.165) is 34.7 Å². The molecule has 0 radical (unpaired) electrons. The Labute approximate surface area is 243 Å². The van der Waals surface area contributed by atoms with Gasteiger partial charge in [0.05, 0.1) is 11.9 Å². The Kier molecular flexibility index (Phi) is 8.46. The number of carbonyl (C=O) groups is 2. The highest BCUT2D eigenvalue weighted by Crippen LogP contribution is 2.60. The monoisotopic (exact) mass is 583 g/mol. The summed E-state index contributed by atoms with van der Waals surface area (Å²) >= 11 is 0. The standard InChI is InChI=1S/C32H42FN3O4S/c1-4-13-34-31(38)22(2)35(20-26-7-5-6-8-29(26)33)30(37)21-36(41(3,39)40)28-11-9-27(10-12-28)32-17-23-14-24(18-32)16-25(15-23)19-32/h5-12,22-25H,4,13-21H2,1-3H3,(H,34,38)/t22-,23?,24?,25?,32?/m1/s1. The van der Waals surface area contributed by atoms with E-state index in [1.54, 1.807) is 37.3 Å². The van der Waals surface area contributed by atoms with Crippen molar-refractivity contribution in [1.82, 2.24) is 10.2 Å². The molecule has 1 atom stereocenters. The summed E-state index contributed by atoms with van der Waals surface area (Å²) in [6, 6.07) is 12.9. The van der Waals surface area contributed by atoms with Crippen LogP contribution in [0.4, 0.5) is 10.1 Å². The van der Waals surface area contributed by atoms with Gasteiger partial charge in [-0.3, -0.25) is 13.9 Å². The molecule has 2 aromatic carbocycles. The summed E-state index contributed by atoms with van der Waals surface area (Å²) in [6.07, 6.45) is 9.45. The molecule has 0 aliphatic heterocycles. The third-order valence-corrected chi connectivity index (χ3v) is 10.6. The molecule has 7 nitrogen and oxygen atoms in total. The number of hydrogen-bond acceptors (Lipinski definition) is 4. The van der Waals surface area contributed by atoms with Crippen LogP contribution in [0.5, 0.6) is 0 Å². The summed E-state index contributed by atoms with van der Waals surface area (Å²) in [6.45, 7) is 3.29. The number of halogens is 1. The molecule has 0 aromatic heterocycles. The third-order valence-electron chi connectivity index (χ3n) is 9.50. The zero-order chi connectivity index (χ0) is 29.4. The lowest BCUT2D eigenvalue weighted by Crippen LogP contribution is -2.51.